The highest BCUT2D eigenvalue weighted by molar-refractivity contribution is 5.74. The fourth-order valence-corrected chi connectivity index (χ4v) is 2.02. The summed E-state index contributed by atoms with van der Waals surface area (Å²) < 4.78 is 5.18. The Labute approximate surface area is 95.0 Å². The van der Waals surface area contributed by atoms with Gasteiger partial charge in [-0.05, 0) is 25.3 Å². The zero-order chi connectivity index (χ0) is 11.6. The lowest BCUT2D eigenvalue weighted by atomic mass is 9.72. The molecule has 3 heteroatoms. The standard InChI is InChI=1S/C13H16O3/c1-13(15)7-11(8-13)12(14)16-9-10-5-3-2-4-6-10/h2-6,11,15H,7-9H2,1H3/t11-,13-. The molecule has 0 heterocycles. The fraction of sp³-hybridized carbons (Fsp3) is 0.462. The van der Waals surface area contributed by atoms with E-state index in [9.17, 15) is 9.90 Å². The van der Waals surface area contributed by atoms with Crippen molar-refractivity contribution in [2.45, 2.75) is 32.0 Å². The second-order valence-corrected chi connectivity index (χ2v) is 4.70. The van der Waals surface area contributed by atoms with E-state index in [1.54, 1.807) is 6.92 Å². The van der Waals surface area contributed by atoms with Crippen molar-refractivity contribution in [1.29, 1.82) is 0 Å². The second-order valence-electron chi connectivity index (χ2n) is 4.70. The minimum atomic E-state index is -0.670. The van der Waals surface area contributed by atoms with E-state index >= 15 is 0 Å². The summed E-state index contributed by atoms with van der Waals surface area (Å²) in [6, 6.07) is 9.59. The van der Waals surface area contributed by atoms with E-state index in [4.69, 9.17) is 4.74 Å². The predicted molar refractivity (Wildman–Crippen MR) is 59.6 cm³/mol. The van der Waals surface area contributed by atoms with Crippen LogP contribution in [-0.2, 0) is 16.1 Å². The van der Waals surface area contributed by atoms with Gasteiger partial charge in [-0.25, -0.2) is 0 Å². The van der Waals surface area contributed by atoms with E-state index in [2.05, 4.69) is 0 Å². The molecule has 0 bridgehead atoms. The first kappa shape index (κ1) is 11.1. The lowest BCUT2D eigenvalue weighted by molar-refractivity contribution is -0.164. The van der Waals surface area contributed by atoms with Crippen LogP contribution in [0.4, 0.5) is 0 Å². The lowest BCUT2D eigenvalue weighted by Crippen LogP contribution is -2.44. The number of benzene rings is 1. The Morgan fingerprint density at radius 1 is 1.44 bits per heavy atom. The molecule has 1 aliphatic rings. The summed E-state index contributed by atoms with van der Waals surface area (Å²) in [4.78, 5) is 11.6. The highest BCUT2D eigenvalue weighted by Crippen LogP contribution is 2.37. The van der Waals surface area contributed by atoms with E-state index in [1.807, 2.05) is 30.3 Å². The maximum Gasteiger partial charge on any atom is 0.309 e. The van der Waals surface area contributed by atoms with Gasteiger partial charge in [0.1, 0.15) is 6.61 Å². The lowest BCUT2D eigenvalue weighted by Gasteiger charge is -2.39. The normalized spacial score (nSPS) is 28.2. The Hall–Kier alpha value is -1.35. The van der Waals surface area contributed by atoms with Crippen LogP contribution in [0.2, 0.25) is 0 Å². The molecule has 1 saturated carbocycles. The Morgan fingerprint density at radius 3 is 2.62 bits per heavy atom. The molecular formula is C13H16O3. The summed E-state index contributed by atoms with van der Waals surface area (Å²) in [5, 5.41) is 9.51. The molecule has 0 unspecified atom stereocenters. The average Bonchev–Trinajstić information content (AvgIpc) is 2.24. The van der Waals surface area contributed by atoms with Crippen molar-refractivity contribution in [3.8, 4) is 0 Å². The molecule has 0 atom stereocenters. The van der Waals surface area contributed by atoms with E-state index in [-0.39, 0.29) is 11.9 Å². The van der Waals surface area contributed by atoms with Crippen LogP contribution in [0, 0.1) is 5.92 Å². The molecule has 1 N–H and O–H groups in total. The molecule has 16 heavy (non-hydrogen) atoms. The van der Waals surface area contributed by atoms with Gasteiger partial charge in [-0.2, -0.15) is 0 Å². The van der Waals surface area contributed by atoms with Crippen LogP contribution in [0.1, 0.15) is 25.3 Å². The van der Waals surface area contributed by atoms with Gasteiger partial charge in [0.15, 0.2) is 0 Å². The van der Waals surface area contributed by atoms with Gasteiger partial charge in [0.25, 0.3) is 0 Å². The first-order valence-electron chi connectivity index (χ1n) is 5.50. The molecule has 0 spiro atoms. The Bertz CT molecular complexity index is 362. The summed E-state index contributed by atoms with van der Waals surface area (Å²) in [6.07, 6.45) is 1.03. The van der Waals surface area contributed by atoms with Crippen LogP contribution in [0.15, 0.2) is 30.3 Å². The van der Waals surface area contributed by atoms with Crippen LogP contribution in [0.5, 0.6) is 0 Å². The largest absolute Gasteiger partial charge is 0.461 e. The second kappa shape index (κ2) is 4.26. The summed E-state index contributed by atoms with van der Waals surface area (Å²) in [5.74, 6) is -0.325. The maximum atomic E-state index is 11.6. The van der Waals surface area contributed by atoms with Gasteiger partial charge in [0, 0.05) is 0 Å². The average molecular weight is 220 g/mol. The molecule has 1 aromatic rings. The number of hydrogen-bond donors (Lipinski definition) is 1. The van der Waals surface area contributed by atoms with Crippen molar-refractivity contribution in [3.05, 3.63) is 35.9 Å². The summed E-state index contributed by atoms with van der Waals surface area (Å²) >= 11 is 0. The van der Waals surface area contributed by atoms with Crippen molar-refractivity contribution >= 4 is 5.97 Å². The Balaban J connectivity index is 1.77. The molecule has 3 nitrogen and oxygen atoms in total. The van der Waals surface area contributed by atoms with Gasteiger partial charge < -0.3 is 9.84 Å². The molecule has 0 radical (unpaired) electrons. The number of esters is 1. The maximum absolute atomic E-state index is 11.6. The van der Waals surface area contributed by atoms with E-state index in [0.717, 1.165) is 5.56 Å². The zero-order valence-corrected chi connectivity index (χ0v) is 9.35. The molecule has 0 aromatic heterocycles. The highest BCUT2D eigenvalue weighted by atomic mass is 16.5. The van der Waals surface area contributed by atoms with Crippen molar-refractivity contribution < 1.29 is 14.6 Å². The Morgan fingerprint density at radius 2 is 2.06 bits per heavy atom. The first-order chi connectivity index (χ1) is 7.57. The molecule has 1 fully saturated rings. The number of ether oxygens (including phenoxy) is 1. The monoisotopic (exact) mass is 220 g/mol. The van der Waals surface area contributed by atoms with Gasteiger partial charge in [-0.1, -0.05) is 30.3 Å². The molecule has 0 aliphatic heterocycles. The van der Waals surface area contributed by atoms with Crippen LogP contribution in [-0.4, -0.2) is 16.7 Å². The molecule has 86 valence electrons. The van der Waals surface area contributed by atoms with Crippen molar-refractivity contribution in [1.82, 2.24) is 0 Å². The van der Waals surface area contributed by atoms with Gasteiger partial charge >= 0.3 is 5.97 Å². The van der Waals surface area contributed by atoms with Gasteiger partial charge in [0.05, 0.1) is 11.5 Å². The third kappa shape index (κ3) is 2.61. The highest BCUT2D eigenvalue weighted by Gasteiger charge is 2.43. The summed E-state index contributed by atoms with van der Waals surface area (Å²) in [7, 11) is 0. The summed E-state index contributed by atoms with van der Waals surface area (Å²) in [6.45, 7) is 2.06. The minimum absolute atomic E-state index is 0.126. The number of carbonyl (C=O) groups excluding carboxylic acids is 1. The van der Waals surface area contributed by atoms with Gasteiger partial charge in [-0.3, -0.25) is 4.79 Å². The Kier molecular flexibility index (Phi) is 2.97. The molecule has 0 saturated heterocycles. The van der Waals surface area contributed by atoms with Crippen LogP contribution in [0.3, 0.4) is 0 Å². The molecular weight excluding hydrogens is 204 g/mol. The number of carbonyl (C=O) groups is 1. The van der Waals surface area contributed by atoms with Crippen LogP contribution >= 0.6 is 0 Å². The number of hydrogen-bond acceptors (Lipinski definition) is 3. The van der Waals surface area contributed by atoms with Crippen molar-refractivity contribution in [3.63, 3.8) is 0 Å². The number of aliphatic hydroxyl groups is 1. The van der Waals surface area contributed by atoms with Crippen LogP contribution in [0.25, 0.3) is 0 Å². The molecule has 1 aliphatic carbocycles. The number of rotatable bonds is 3. The van der Waals surface area contributed by atoms with E-state index in [1.165, 1.54) is 0 Å². The molecule has 2 rings (SSSR count). The fourth-order valence-electron chi connectivity index (χ4n) is 2.02. The van der Waals surface area contributed by atoms with E-state index < -0.39 is 5.60 Å². The smallest absolute Gasteiger partial charge is 0.309 e. The third-order valence-electron chi connectivity index (χ3n) is 2.93. The van der Waals surface area contributed by atoms with Gasteiger partial charge in [0.2, 0.25) is 0 Å². The zero-order valence-electron chi connectivity index (χ0n) is 9.35. The predicted octanol–water partition coefficient (Wildman–Crippen LogP) is 1.89. The van der Waals surface area contributed by atoms with Crippen LogP contribution < -0.4 is 0 Å². The third-order valence-corrected chi connectivity index (χ3v) is 2.93. The molecule has 0 amide bonds. The van der Waals surface area contributed by atoms with Gasteiger partial charge in [-0.15, -0.1) is 0 Å². The topological polar surface area (TPSA) is 46.5 Å². The SMILES string of the molecule is C[C@]1(O)C[C@H](C(=O)OCc2ccccc2)C1. The molecule has 1 aromatic carbocycles. The first-order valence-corrected chi connectivity index (χ1v) is 5.50. The summed E-state index contributed by atoms with van der Waals surface area (Å²) in [5.41, 5.74) is 0.318. The minimum Gasteiger partial charge on any atom is -0.461 e. The van der Waals surface area contributed by atoms with E-state index in [0.29, 0.717) is 19.4 Å². The van der Waals surface area contributed by atoms with Crippen molar-refractivity contribution in [2.75, 3.05) is 0 Å². The van der Waals surface area contributed by atoms with Crippen molar-refractivity contribution in [2.24, 2.45) is 5.92 Å². The quantitative estimate of drug-likeness (QED) is 0.791.